The number of anilines is 1. The molecule has 1 N–H and O–H groups in total. The molecule has 6 nitrogen and oxygen atoms in total. The van der Waals surface area contributed by atoms with Gasteiger partial charge in [0.2, 0.25) is 0 Å². The first-order valence-electron chi connectivity index (χ1n) is 7.97. The Morgan fingerprint density at radius 1 is 1.15 bits per heavy atom. The molecule has 0 fully saturated rings. The van der Waals surface area contributed by atoms with Crippen molar-refractivity contribution in [3.8, 4) is 5.75 Å². The quantitative estimate of drug-likeness (QED) is 0.721. The van der Waals surface area contributed by atoms with Crippen molar-refractivity contribution >= 4 is 33.4 Å². The maximum atomic E-state index is 12.3. The smallest absolute Gasteiger partial charge is 0.277 e. The monoisotopic (exact) mass is 420 g/mol. The third kappa shape index (κ3) is 5.06. The zero-order valence-corrected chi connectivity index (χ0v) is 16.7. The highest BCUT2D eigenvalue weighted by Gasteiger charge is 2.17. The standard InChI is InChI=1S/C19H21BrN2O4/c1-12-5-10-17(16(20)11-12)26-13(2)18(23)21-15-8-6-14(7-9-15)19(24)22(3)25-4/h5-11,13H,1-4H3,(H,21,23). The summed E-state index contributed by atoms with van der Waals surface area (Å²) in [6.07, 6.45) is -0.685. The Morgan fingerprint density at radius 3 is 2.38 bits per heavy atom. The molecule has 26 heavy (non-hydrogen) atoms. The number of carbonyl (C=O) groups is 2. The van der Waals surface area contributed by atoms with E-state index in [9.17, 15) is 9.59 Å². The number of rotatable bonds is 6. The molecule has 2 aromatic rings. The van der Waals surface area contributed by atoms with E-state index in [1.54, 1.807) is 31.2 Å². The maximum Gasteiger partial charge on any atom is 0.277 e. The molecule has 0 bridgehead atoms. The van der Waals surface area contributed by atoms with E-state index in [0.717, 1.165) is 15.1 Å². The van der Waals surface area contributed by atoms with E-state index in [1.165, 1.54) is 14.2 Å². The van der Waals surface area contributed by atoms with Crippen molar-refractivity contribution in [2.75, 3.05) is 19.5 Å². The molecule has 2 aromatic carbocycles. The maximum absolute atomic E-state index is 12.3. The molecular weight excluding hydrogens is 400 g/mol. The first-order chi connectivity index (χ1) is 12.3. The van der Waals surface area contributed by atoms with Gasteiger partial charge in [-0.05, 0) is 71.7 Å². The Kier molecular flexibility index (Phi) is 6.76. The number of benzene rings is 2. The van der Waals surface area contributed by atoms with Crippen LogP contribution in [0.3, 0.4) is 0 Å². The number of hydrogen-bond acceptors (Lipinski definition) is 4. The summed E-state index contributed by atoms with van der Waals surface area (Å²) in [6, 6.07) is 12.2. The number of halogens is 1. The van der Waals surface area contributed by atoms with Gasteiger partial charge < -0.3 is 10.1 Å². The Labute approximate surface area is 161 Å². The van der Waals surface area contributed by atoms with Gasteiger partial charge in [0.05, 0.1) is 11.6 Å². The molecule has 0 radical (unpaired) electrons. The molecule has 0 heterocycles. The minimum Gasteiger partial charge on any atom is -0.480 e. The fraction of sp³-hybridized carbons (Fsp3) is 0.263. The number of nitrogens with one attached hydrogen (secondary N) is 1. The Morgan fingerprint density at radius 2 is 1.81 bits per heavy atom. The van der Waals surface area contributed by atoms with Gasteiger partial charge in [0.1, 0.15) is 5.75 Å². The number of nitrogens with zero attached hydrogens (tertiary/aromatic N) is 1. The van der Waals surface area contributed by atoms with Gasteiger partial charge >= 0.3 is 0 Å². The van der Waals surface area contributed by atoms with Crippen LogP contribution < -0.4 is 10.1 Å². The summed E-state index contributed by atoms with van der Waals surface area (Å²) in [5.41, 5.74) is 2.13. The van der Waals surface area contributed by atoms with Crippen LogP contribution in [-0.2, 0) is 9.63 Å². The van der Waals surface area contributed by atoms with Crippen LogP contribution in [0.2, 0.25) is 0 Å². The summed E-state index contributed by atoms with van der Waals surface area (Å²) in [6.45, 7) is 3.65. The van der Waals surface area contributed by atoms with Gasteiger partial charge in [0.15, 0.2) is 6.10 Å². The van der Waals surface area contributed by atoms with Crippen LogP contribution in [-0.4, -0.2) is 37.1 Å². The number of amides is 2. The number of hydroxylamine groups is 2. The van der Waals surface area contributed by atoms with Crippen molar-refractivity contribution in [3.63, 3.8) is 0 Å². The summed E-state index contributed by atoms with van der Waals surface area (Å²) in [5, 5.41) is 3.89. The van der Waals surface area contributed by atoms with Gasteiger partial charge in [0, 0.05) is 18.3 Å². The van der Waals surface area contributed by atoms with Crippen molar-refractivity contribution < 1.29 is 19.2 Å². The lowest BCUT2D eigenvalue weighted by Crippen LogP contribution is -2.30. The van der Waals surface area contributed by atoms with Gasteiger partial charge in [-0.15, -0.1) is 0 Å². The first-order valence-corrected chi connectivity index (χ1v) is 8.77. The molecule has 2 amide bonds. The number of carbonyl (C=O) groups excluding carboxylic acids is 2. The van der Waals surface area contributed by atoms with Crippen LogP contribution >= 0.6 is 15.9 Å². The molecule has 0 saturated carbocycles. The van der Waals surface area contributed by atoms with E-state index in [2.05, 4.69) is 21.2 Å². The molecule has 1 unspecified atom stereocenters. The number of ether oxygens (including phenoxy) is 1. The normalized spacial score (nSPS) is 11.6. The third-order valence-corrected chi connectivity index (χ3v) is 4.34. The minimum absolute atomic E-state index is 0.272. The van der Waals surface area contributed by atoms with E-state index >= 15 is 0 Å². The van der Waals surface area contributed by atoms with Crippen molar-refractivity contribution in [1.82, 2.24) is 5.06 Å². The SMILES string of the molecule is CON(C)C(=O)c1ccc(NC(=O)C(C)Oc2ccc(C)cc2Br)cc1. The second kappa shape index (κ2) is 8.82. The number of hydrogen-bond donors (Lipinski definition) is 1. The van der Waals surface area contributed by atoms with Crippen molar-refractivity contribution in [3.05, 3.63) is 58.1 Å². The second-order valence-electron chi connectivity index (χ2n) is 5.75. The average Bonchev–Trinajstić information content (AvgIpc) is 2.63. The average molecular weight is 421 g/mol. The van der Waals surface area contributed by atoms with E-state index in [4.69, 9.17) is 9.57 Å². The van der Waals surface area contributed by atoms with Crippen LogP contribution in [0.5, 0.6) is 5.75 Å². The van der Waals surface area contributed by atoms with Gasteiger partial charge in [-0.2, -0.15) is 0 Å². The summed E-state index contributed by atoms with van der Waals surface area (Å²) in [4.78, 5) is 29.1. The molecule has 138 valence electrons. The number of aryl methyl sites for hydroxylation is 1. The zero-order valence-electron chi connectivity index (χ0n) is 15.1. The fourth-order valence-electron chi connectivity index (χ4n) is 2.15. The van der Waals surface area contributed by atoms with Gasteiger partial charge in [-0.25, -0.2) is 5.06 Å². The lowest BCUT2D eigenvalue weighted by molar-refractivity contribution is -0.122. The predicted octanol–water partition coefficient (Wildman–Crippen LogP) is 3.80. The molecule has 7 heteroatoms. The van der Waals surface area contributed by atoms with Crippen LogP contribution in [0.15, 0.2) is 46.9 Å². The van der Waals surface area contributed by atoms with E-state index < -0.39 is 6.10 Å². The van der Waals surface area contributed by atoms with E-state index in [0.29, 0.717) is 17.0 Å². The van der Waals surface area contributed by atoms with Gasteiger partial charge in [0.25, 0.3) is 11.8 Å². The molecule has 0 spiro atoms. The summed E-state index contributed by atoms with van der Waals surface area (Å²) in [5.74, 6) is 0.0404. The molecule has 0 aliphatic rings. The summed E-state index contributed by atoms with van der Waals surface area (Å²) >= 11 is 3.43. The van der Waals surface area contributed by atoms with Crippen LogP contribution in [0.25, 0.3) is 0 Å². The lowest BCUT2D eigenvalue weighted by atomic mass is 10.2. The van der Waals surface area contributed by atoms with Crippen LogP contribution in [0, 0.1) is 6.92 Å². The molecule has 0 aliphatic heterocycles. The largest absolute Gasteiger partial charge is 0.480 e. The molecule has 0 aromatic heterocycles. The predicted molar refractivity (Wildman–Crippen MR) is 103 cm³/mol. The highest BCUT2D eigenvalue weighted by atomic mass is 79.9. The second-order valence-corrected chi connectivity index (χ2v) is 6.60. The van der Waals surface area contributed by atoms with Crippen molar-refractivity contribution in [1.29, 1.82) is 0 Å². The highest BCUT2D eigenvalue weighted by Crippen LogP contribution is 2.26. The lowest BCUT2D eigenvalue weighted by Gasteiger charge is -2.16. The Hall–Kier alpha value is -2.38. The Balaban J connectivity index is 1.99. The highest BCUT2D eigenvalue weighted by molar-refractivity contribution is 9.10. The van der Waals surface area contributed by atoms with E-state index in [-0.39, 0.29) is 11.8 Å². The Bertz CT molecular complexity index is 793. The summed E-state index contributed by atoms with van der Waals surface area (Å²) < 4.78 is 6.50. The zero-order chi connectivity index (χ0) is 19.3. The van der Waals surface area contributed by atoms with Gasteiger partial charge in [-0.1, -0.05) is 6.07 Å². The van der Waals surface area contributed by atoms with Gasteiger partial charge in [-0.3, -0.25) is 14.4 Å². The molecule has 2 rings (SSSR count). The van der Waals surface area contributed by atoms with Crippen molar-refractivity contribution in [2.24, 2.45) is 0 Å². The van der Waals surface area contributed by atoms with Crippen LogP contribution in [0.4, 0.5) is 5.69 Å². The van der Waals surface area contributed by atoms with Crippen LogP contribution in [0.1, 0.15) is 22.8 Å². The van der Waals surface area contributed by atoms with Crippen molar-refractivity contribution in [2.45, 2.75) is 20.0 Å². The van der Waals surface area contributed by atoms with E-state index in [1.807, 2.05) is 25.1 Å². The fourth-order valence-corrected chi connectivity index (χ4v) is 2.74. The molecule has 0 aliphatic carbocycles. The minimum atomic E-state index is -0.685. The first kappa shape index (κ1) is 19.9. The molecule has 0 saturated heterocycles. The topological polar surface area (TPSA) is 67.9 Å². The molecule has 1 atom stereocenters. The third-order valence-electron chi connectivity index (χ3n) is 3.72. The summed E-state index contributed by atoms with van der Waals surface area (Å²) in [7, 11) is 2.94. The molecular formula is C19H21BrN2O4.